The summed E-state index contributed by atoms with van der Waals surface area (Å²) in [6, 6.07) is 5.94. The molecule has 0 bridgehead atoms. The lowest BCUT2D eigenvalue weighted by Gasteiger charge is -2.15. The summed E-state index contributed by atoms with van der Waals surface area (Å²) in [5, 5.41) is 6.07. The molecule has 0 spiro atoms. The molecule has 0 saturated heterocycles. The molecule has 1 atom stereocenters. The average Bonchev–Trinajstić information content (AvgIpc) is 2.48. The fraction of sp³-hybridized carbons (Fsp3) is 0.533. The van der Waals surface area contributed by atoms with E-state index in [1.165, 1.54) is 12.1 Å². The van der Waals surface area contributed by atoms with Crippen LogP contribution in [0, 0.1) is 5.82 Å². The van der Waals surface area contributed by atoms with E-state index in [1.807, 2.05) is 13.8 Å². The number of halogens is 1. The minimum absolute atomic E-state index is 0.239. The Bertz CT molecular complexity index is 637. The molecule has 0 aliphatic carbocycles. The maximum Gasteiger partial charge on any atom is 0.208 e. The number of sulfonamides is 1. The zero-order valence-electron chi connectivity index (χ0n) is 14.2. The first kappa shape index (κ1) is 20.2. The van der Waals surface area contributed by atoms with Gasteiger partial charge in [0.25, 0.3) is 0 Å². The van der Waals surface area contributed by atoms with Gasteiger partial charge in [-0.1, -0.05) is 6.07 Å². The summed E-state index contributed by atoms with van der Waals surface area (Å²) in [5.74, 6) is 0.659. The summed E-state index contributed by atoms with van der Waals surface area (Å²) >= 11 is 0. The molecule has 1 unspecified atom stereocenters. The SMILES string of the molecule is CCNC(=NCC(C)Oc1cccc(F)c1)NCCNS(C)(=O)=O. The van der Waals surface area contributed by atoms with E-state index in [9.17, 15) is 12.8 Å². The van der Waals surface area contributed by atoms with Crippen molar-refractivity contribution >= 4 is 16.0 Å². The van der Waals surface area contributed by atoms with Crippen molar-refractivity contribution in [3.05, 3.63) is 30.1 Å². The van der Waals surface area contributed by atoms with E-state index in [1.54, 1.807) is 12.1 Å². The minimum Gasteiger partial charge on any atom is -0.489 e. The van der Waals surface area contributed by atoms with Gasteiger partial charge in [-0.25, -0.2) is 22.5 Å². The maximum atomic E-state index is 13.1. The van der Waals surface area contributed by atoms with Crippen LogP contribution in [-0.4, -0.2) is 52.9 Å². The second-order valence-corrected chi connectivity index (χ2v) is 7.03. The lowest BCUT2D eigenvalue weighted by molar-refractivity contribution is 0.229. The van der Waals surface area contributed by atoms with Crippen LogP contribution < -0.4 is 20.1 Å². The van der Waals surface area contributed by atoms with Gasteiger partial charge in [0, 0.05) is 25.7 Å². The van der Waals surface area contributed by atoms with Crippen molar-refractivity contribution in [2.75, 3.05) is 32.4 Å². The molecule has 0 aliphatic rings. The van der Waals surface area contributed by atoms with E-state index < -0.39 is 10.0 Å². The van der Waals surface area contributed by atoms with E-state index in [4.69, 9.17) is 4.74 Å². The smallest absolute Gasteiger partial charge is 0.208 e. The predicted molar refractivity (Wildman–Crippen MR) is 93.3 cm³/mol. The van der Waals surface area contributed by atoms with Crippen molar-refractivity contribution in [3.8, 4) is 5.75 Å². The first-order valence-electron chi connectivity index (χ1n) is 7.69. The molecule has 0 heterocycles. The van der Waals surface area contributed by atoms with Crippen LogP contribution in [0.5, 0.6) is 5.75 Å². The van der Waals surface area contributed by atoms with Crippen LogP contribution in [0.3, 0.4) is 0 Å². The highest BCUT2D eigenvalue weighted by Crippen LogP contribution is 2.13. The molecular formula is C15H25FN4O3S. The molecule has 1 aromatic carbocycles. The molecule has 0 aromatic heterocycles. The lowest BCUT2D eigenvalue weighted by atomic mass is 10.3. The Kier molecular flexibility index (Phi) is 8.48. The molecule has 0 radical (unpaired) electrons. The van der Waals surface area contributed by atoms with Gasteiger partial charge in [-0.15, -0.1) is 0 Å². The fourth-order valence-electron chi connectivity index (χ4n) is 1.79. The zero-order chi connectivity index (χ0) is 18.0. The predicted octanol–water partition coefficient (Wildman–Crippen LogP) is 0.697. The standard InChI is InChI=1S/C15H25FN4O3S/c1-4-17-15(18-8-9-20-24(3,21)22)19-11-12(2)23-14-7-5-6-13(16)10-14/h5-7,10,12,20H,4,8-9,11H2,1-3H3,(H2,17,18,19). The Morgan fingerprint density at radius 1 is 1.33 bits per heavy atom. The topological polar surface area (TPSA) is 91.8 Å². The van der Waals surface area contributed by atoms with Crippen LogP contribution in [0.25, 0.3) is 0 Å². The lowest BCUT2D eigenvalue weighted by Crippen LogP contribution is -2.41. The Morgan fingerprint density at radius 2 is 2.08 bits per heavy atom. The summed E-state index contributed by atoms with van der Waals surface area (Å²) in [7, 11) is -3.20. The number of hydrogen-bond acceptors (Lipinski definition) is 4. The van der Waals surface area contributed by atoms with Gasteiger partial charge < -0.3 is 15.4 Å². The van der Waals surface area contributed by atoms with Crippen molar-refractivity contribution < 1.29 is 17.5 Å². The molecule has 1 rings (SSSR count). The van der Waals surface area contributed by atoms with Crippen LogP contribution in [0.2, 0.25) is 0 Å². The Labute approximate surface area is 142 Å². The van der Waals surface area contributed by atoms with E-state index in [-0.39, 0.29) is 18.5 Å². The zero-order valence-corrected chi connectivity index (χ0v) is 15.0. The highest BCUT2D eigenvalue weighted by molar-refractivity contribution is 7.88. The Hall–Kier alpha value is -1.87. The normalized spacial score (nSPS) is 13.4. The first-order chi connectivity index (χ1) is 11.3. The molecule has 3 N–H and O–H groups in total. The van der Waals surface area contributed by atoms with E-state index in [0.717, 1.165) is 6.26 Å². The van der Waals surface area contributed by atoms with Crippen LogP contribution in [0.1, 0.15) is 13.8 Å². The van der Waals surface area contributed by atoms with Gasteiger partial charge in [-0.3, -0.25) is 0 Å². The molecular weight excluding hydrogens is 335 g/mol. The largest absolute Gasteiger partial charge is 0.489 e. The monoisotopic (exact) mass is 360 g/mol. The van der Waals surface area contributed by atoms with Gasteiger partial charge >= 0.3 is 0 Å². The van der Waals surface area contributed by atoms with Gasteiger partial charge in [0.1, 0.15) is 17.7 Å². The number of ether oxygens (including phenoxy) is 1. The molecule has 24 heavy (non-hydrogen) atoms. The third-order valence-corrected chi connectivity index (χ3v) is 3.49. The van der Waals surface area contributed by atoms with Crippen molar-refractivity contribution in [3.63, 3.8) is 0 Å². The summed E-state index contributed by atoms with van der Waals surface area (Å²) in [6.07, 6.45) is 0.869. The maximum absolute atomic E-state index is 13.1. The molecule has 0 amide bonds. The number of hydrogen-bond donors (Lipinski definition) is 3. The van der Waals surface area contributed by atoms with E-state index >= 15 is 0 Å². The van der Waals surface area contributed by atoms with Crippen LogP contribution in [0.4, 0.5) is 4.39 Å². The number of guanidine groups is 1. The van der Waals surface area contributed by atoms with Gasteiger partial charge in [-0.05, 0) is 26.0 Å². The number of aliphatic imine (C=N–C) groups is 1. The molecule has 0 saturated carbocycles. The Morgan fingerprint density at radius 3 is 2.71 bits per heavy atom. The van der Waals surface area contributed by atoms with Crippen molar-refractivity contribution in [2.45, 2.75) is 20.0 Å². The second kappa shape index (κ2) is 10.1. The van der Waals surface area contributed by atoms with Gasteiger partial charge in [-0.2, -0.15) is 0 Å². The van der Waals surface area contributed by atoms with Crippen LogP contribution in [-0.2, 0) is 10.0 Å². The second-order valence-electron chi connectivity index (χ2n) is 5.20. The van der Waals surface area contributed by atoms with Crippen molar-refractivity contribution in [2.24, 2.45) is 4.99 Å². The minimum atomic E-state index is -3.20. The summed E-state index contributed by atoms with van der Waals surface area (Å²) in [4.78, 5) is 4.36. The molecule has 7 nitrogen and oxygen atoms in total. The first-order valence-corrected chi connectivity index (χ1v) is 9.58. The highest BCUT2D eigenvalue weighted by atomic mass is 32.2. The summed E-state index contributed by atoms with van der Waals surface area (Å²) in [6.45, 7) is 5.47. The molecule has 136 valence electrons. The van der Waals surface area contributed by atoms with Gasteiger partial charge in [0.15, 0.2) is 5.96 Å². The van der Waals surface area contributed by atoms with Gasteiger partial charge in [0.2, 0.25) is 10.0 Å². The summed E-state index contributed by atoms with van der Waals surface area (Å²) in [5.41, 5.74) is 0. The van der Waals surface area contributed by atoms with Gasteiger partial charge in [0.05, 0.1) is 12.8 Å². The highest BCUT2D eigenvalue weighted by Gasteiger charge is 2.06. The Balaban J connectivity index is 2.46. The molecule has 9 heteroatoms. The molecule has 0 fully saturated rings. The summed E-state index contributed by atoms with van der Waals surface area (Å²) < 4.78 is 43.1. The van der Waals surface area contributed by atoms with Crippen LogP contribution >= 0.6 is 0 Å². The van der Waals surface area contributed by atoms with E-state index in [2.05, 4.69) is 20.3 Å². The fourth-order valence-corrected chi connectivity index (χ4v) is 2.26. The third kappa shape index (κ3) is 9.31. The van der Waals surface area contributed by atoms with E-state index in [0.29, 0.717) is 31.3 Å². The molecule has 1 aromatic rings. The quantitative estimate of drug-likeness (QED) is 0.342. The van der Waals surface area contributed by atoms with Crippen LogP contribution in [0.15, 0.2) is 29.3 Å². The number of benzene rings is 1. The van der Waals surface area contributed by atoms with Crippen molar-refractivity contribution in [1.82, 2.24) is 15.4 Å². The number of nitrogens with one attached hydrogen (secondary N) is 3. The average molecular weight is 360 g/mol. The number of nitrogens with zero attached hydrogens (tertiary/aromatic N) is 1. The number of rotatable bonds is 9. The third-order valence-electron chi connectivity index (χ3n) is 2.77. The van der Waals surface area contributed by atoms with Crippen molar-refractivity contribution in [1.29, 1.82) is 0 Å². The molecule has 0 aliphatic heterocycles.